The third-order valence-corrected chi connectivity index (χ3v) is 2.68. The third-order valence-electron chi connectivity index (χ3n) is 2.68. The highest BCUT2D eigenvalue weighted by Gasteiger charge is 2.13. The van der Waals surface area contributed by atoms with Gasteiger partial charge in [0.05, 0.1) is 6.54 Å². The van der Waals surface area contributed by atoms with Crippen LogP contribution in [0.3, 0.4) is 0 Å². The Morgan fingerprint density at radius 2 is 1.94 bits per heavy atom. The van der Waals surface area contributed by atoms with E-state index >= 15 is 0 Å². The predicted molar refractivity (Wildman–Crippen MR) is 68.9 cm³/mol. The molecule has 2 aromatic rings. The molecule has 0 saturated heterocycles. The van der Waals surface area contributed by atoms with Gasteiger partial charge in [0.1, 0.15) is 5.76 Å². The molecular weight excluding hydrogens is 230 g/mol. The number of carbonyl (C=O) groups is 1. The zero-order chi connectivity index (χ0) is 13.1. The van der Waals surface area contributed by atoms with Gasteiger partial charge in [-0.15, -0.1) is 0 Å². The fourth-order valence-corrected chi connectivity index (χ4v) is 1.71. The average Bonchev–Trinajstić information content (AvgIpc) is 2.70. The highest BCUT2D eigenvalue weighted by Crippen LogP contribution is 2.16. The first-order valence-electron chi connectivity index (χ1n) is 5.69. The number of carboxylic acid groups (broad SMARTS) is 1. The maximum absolute atomic E-state index is 10.8. The van der Waals surface area contributed by atoms with Gasteiger partial charge in [0.2, 0.25) is 5.76 Å². The van der Waals surface area contributed by atoms with Gasteiger partial charge in [-0.2, -0.15) is 0 Å². The molecule has 0 radical (unpaired) electrons. The molecule has 2 rings (SSSR count). The number of hydrogen-bond acceptors (Lipinski definition) is 3. The quantitative estimate of drug-likeness (QED) is 0.868. The van der Waals surface area contributed by atoms with Gasteiger partial charge < -0.3 is 14.8 Å². The second kappa shape index (κ2) is 4.96. The molecule has 1 heterocycles. The van der Waals surface area contributed by atoms with Gasteiger partial charge in [0.25, 0.3) is 0 Å². The van der Waals surface area contributed by atoms with E-state index in [4.69, 9.17) is 9.52 Å². The molecule has 0 atom stereocenters. The monoisotopic (exact) mass is 245 g/mol. The van der Waals surface area contributed by atoms with Crippen LogP contribution in [0.15, 0.2) is 34.7 Å². The number of anilines is 1. The van der Waals surface area contributed by atoms with Crippen molar-refractivity contribution in [3.05, 3.63) is 53.0 Å². The van der Waals surface area contributed by atoms with E-state index in [9.17, 15) is 4.79 Å². The topological polar surface area (TPSA) is 62.5 Å². The van der Waals surface area contributed by atoms with E-state index in [0.29, 0.717) is 17.9 Å². The SMILES string of the molecule is Cc1ccc(NCc2cc(C)c(C(=O)O)o2)cc1. The van der Waals surface area contributed by atoms with E-state index < -0.39 is 5.97 Å². The van der Waals surface area contributed by atoms with Crippen molar-refractivity contribution in [2.45, 2.75) is 20.4 Å². The van der Waals surface area contributed by atoms with Crippen LogP contribution in [-0.4, -0.2) is 11.1 Å². The molecule has 0 aliphatic carbocycles. The smallest absolute Gasteiger partial charge is 0.372 e. The zero-order valence-corrected chi connectivity index (χ0v) is 10.4. The maximum Gasteiger partial charge on any atom is 0.372 e. The van der Waals surface area contributed by atoms with Crippen LogP contribution in [-0.2, 0) is 6.54 Å². The number of rotatable bonds is 4. The number of furan rings is 1. The Hall–Kier alpha value is -2.23. The fourth-order valence-electron chi connectivity index (χ4n) is 1.71. The summed E-state index contributed by atoms with van der Waals surface area (Å²) in [6.07, 6.45) is 0. The summed E-state index contributed by atoms with van der Waals surface area (Å²) in [4.78, 5) is 10.8. The average molecular weight is 245 g/mol. The van der Waals surface area contributed by atoms with Crippen LogP contribution < -0.4 is 5.32 Å². The summed E-state index contributed by atoms with van der Waals surface area (Å²) >= 11 is 0. The molecule has 0 spiro atoms. The van der Waals surface area contributed by atoms with Gasteiger partial charge in [0.15, 0.2) is 0 Å². The molecule has 18 heavy (non-hydrogen) atoms. The molecule has 0 aliphatic rings. The summed E-state index contributed by atoms with van der Waals surface area (Å²) in [5, 5.41) is 12.1. The summed E-state index contributed by atoms with van der Waals surface area (Å²) in [6.45, 7) is 4.22. The van der Waals surface area contributed by atoms with Crippen LogP contribution in [0.25, 0.3) is 0 Å². The molecule has 4 nitrogen and oxygen atoms in total. The molecule has 4 heteroatoms. The summed E-state index contributed by atoms with van der Waals surface area (Å²) < 4.78 is 5.26. The van der Waals surface area contributed by atoms with Gasteiger partial charge in [-0.25, -0.2) is 4.79 Å². The summed E-state index contributed by atoms with van der Waals surface area (Å²) in [7, 11) is 0. The standard InChI is InChI=1S/C14H15NO3/c1-9-3-5-11(6-4-9)15-8-12-7-10(2)13(18-12)14(16)17/h3-7,15H,8H2,1-2H3,(H,16,17). The Labute approximate surface area is 105 Å². The minimum absolute atomic E-state index is 0.00991. The Morgan fingerprint density at radius 3 is 2.50 bits per heavy atom. The van der Waals surface area contributed by atoms with Gasteiger partial charge in [-0.05, 0) is 32.0 Å². The summed E-state index contributed by atoms with van der Waals surface area (Å²) in [5.74, 6) is -0.407. The minimum Gasteiger partial charge on any atom is -0.475 e. The molecule has 0 amide bonds. The first-order valence-corrected chi connectivity index (χ1v) is 5.69. The number of aryl methyl sites for hydroxylation is 2. The van der Waals surface area contributed by atoms with E-state index in [-0.39, 0.29) is 5.76 Å². The number of benzene rings is 1. The Morgan fingerprint density at radius 1 is 1.28 bits per heavy atom. The molecule has 1 aromatic heterocycles. The fraction of sp³-hybridized carbons (Fsp3) is 0.214. The lowest BCUT2D eigenvalue weighted by molar-refractivity contribution is 0.0659. The van der Waals surface area contributed by atoms with Crippen molar-refractivity contribution in [1.82, 2.24) is 0 Å². The van der Waals surface area contributed by atoms with Crippen LogP contribution in [0, 0.1) is 13.8 Å². The first kappa shape index (κ1) is 12.2. The van der Waals surface area contributed by atoms with E-state index in [1.54, 1.807) is 13.0 Å². The lowest BCUT2D eigenvalue weighted by atomic mass is 10.2. The van der Waals surface area contributed by atoms with Crippen molar-refractivity contribution < 1.29 is 14.3 Å². The maximum atomic E-state index is 10.8. The number of carboxylic acids is 1. The van der Waals surface area contributed by atoms with Crippen molar-refractivity contribution in [2.24, 2.45) is 0 Å². The second-order valence-electron chi connectivity index (χ2n) is 4.25. The highest BCUT2D eigenvalue weighted by molar-refractivity contribution is 5.86. The largest absolute Gasteiger partial charge is 0.475 e. The third kappa shape index (κ3) is 2.71. The number of hydrogen-bond donors (Lipinski definition) is 2. The zero-order valence-electron chi connectivity index (χ0n) is 10.4. The van der Waals surface area contributed by atoms with E-state index in [2.05, 4.69) is 5.32 Å². The molecule has 0 bridgehead atoms. The van der Waals surface area contributed by atoms with E-state index in [1.165, 1.54) is 5.56 Å². The van der Waals surface area contributed by atoms with Gasteiger partial charge >= 0.3 is 5.97 Å². The molecular formula is C14H15NO3. The highest BCUT2D eigenvalue weighted by atomic mass is 16.4. The Balaban J connectivity index is 2.04. The molecule has 0 fully saturated rings. The number of nitrogens with one attached hydrogen (secondary N) is 1. The van der Waals surface area contributed by atoms with Crippen molar-refractivity contribution in [3.63, 3.8) is 0 Å². The lowest BCUT2D eigenvalue weighted by Gasteiger charge is -2.04. The first-order chi connectivity index (χ1) is 8.56. The van der Waals surface area contributed by atoms with Gasteiger partial charge in [-0.3, -0.25) is 0 Å². The van der Waals surface area contributed by atoms with Gasteiger partial charge in [-0.1, -0.05) is 17.7 Å². The van der Waals surface area contributed by atoms with Crippen LogP contribution in [0.5, 0.6) is 0 Å². The van der Waals surface area contributed by atoms with Crippen LogP contribution >= 0.6 is 0 Å². The lowest BCUT2D eigenvalue weighted by Crippen LogP contribution is -1.98. The second-order valence-corrected chi connectivity index (χ2v) is 4.25. The van der Waals surface area contributed by atoms with E-state index in [1.807, 2.05) is 31.2 Å². The molecule has 0 aliphatic heterocycles. The number of aromatic carboxylic acids is 1. The molecule has 1 aromatic carbocycles. The molecule has 94 valence electrons. The molecule has 0 unspecified atom stereocenters. The van der Waals surface area contributed by atoms with E-state index in [0.717, 1.165) is 5.69 Å². The summed E-state index contributed by atoms with van der Waals surface area (Å²) in [6, 6.07) is 9.72. The minimum atomic E-state index is -1.03. The Kier molecular flexibility index (Phi) is 3.37. The molecule has 0 saturated carbocycles. The van der Waals surface area contributed by atoms with Crippen LogP contribution in [0.1, 0.15) is 27.4 Å². The predicted octanol–water partition coefficient (Wildman–Crippen LogP) is 3.21. The van der Waals surface area contributed by atoms with Crippen molar-refractivity contribution in [3.8, 4) is 0 Å². The normalized spacial score (nSPS) is 10.3. The molecule has 2 N–H and O–H groups in total. The van der Waals surface area contributed by atoms with Gasteiger partial charge in [0, 0.05) is 11.3 Å². The van der Waals surface area contributed by atoms with Crippen molar-refractivity contribution in [2.75, 3.05) is 5.32 Å². The van der Waals surface area contributed by atoms with Crippen molar-refractivity contribution >= 4 is 11.7 Å². The van der Waals surface area contributed by atoms with Crippen LogP contribution in [0.2, 0.25) is 0 Å². The van der Waals surface area contributed by atoms with Crippen LogP contribution in [0.4, 0.5) is 5.69 Å². The van der Waals surface area contributed by atoms with Crippen molar-refractivity contribution in [1.29, 1.82) is 0 Å². The summed E-state index contributed by atoms with van der Waals surface area (Å²) in [5.41, 5.74) is 2.82. The Bertz CT molecular complexity index is 555.